The maximum absolute atomic E-state index is 13.0. The fourth-order valence-electron chi connectivity index (χ4n) is 3.21. The van der Waals surface area contributed by atoms with Gasteiger partial charge in [0.25, 0.3) is 5.91 Å². The van der Waals surface area contributed by atoms with Gasteiger partial charge in [-0.1, -0.05) is 35.5 Å². The van der Waals surface area contributed by atoms with Gasteiger partial charge in [-0.3, -0.25) is 4.79 Å². The molecule has 0 unspecified atom stereocenters. The highest BCUT2D eigenvalue weighted by molar-refractivity contribution is 6.12. The summed E-state index contributed by atoms with van der Waals surface area (Å²) >= 11 is 0. The van der Waals surface area contributed by atoms with E-state index in [0.717, 1.165) is 0 Å². The van der Waals surface area contributed by atoms with Gasteiger partial charge in [0.1, 0.15) is 5.75 Å². The van der Waals surface area contributed by atoms with Gasteiger partial charge in [-0.05, 0) is 30.7 Å². The molecule has 2 aromatic heterocycles. The summed E-state index contributed by atoms with van der Waals surface area (Å²) in [5.41, 5.74) is 2.23. The number of amides is 1. The van der Waals surface area contributed by atoms with E-state index in [1.807, 2.05) is 6.07 Å². The Morgan fingerprint density at radius 2 is 1.85 bits per heavy atom. The number of pyridine rings is 1. The first-order valence-corrected chi connectivity index (χ1v) is 9.73. The van der Waals surface area contributed by atoms with Crippen LogP contribution in [0.15, 0.2) is 54.6 Å². The summed E-state index contributed by atoms with van der Waals surface area (Å²) in [6.07, 6.45) is -4.75. The Balaban J connectivity index is 1.52. The summed E-state index contributed by atoms with van der Waals surface area (Å²) in [6.45, 7) is 1.97. The number of hydrogen-bond acceptors (Lipinski definition) is 6. The molecule has 11 heteroatoms. The maximum atomic E-state index is 13.0. The Labute approximate surface area is 186 Å². The highest BCUT2D eigenvalue weighted by atomic mass is 19.4. The summed E-state index contributed by atoms with van der Waals surface area (Å²) in [5, 5.41) is 11.5. The minimum absolute atomic E-state index is 0.243. The van der Waals surface area contributed by atoms with Crippen LogP contribution in [0.25, 0.3) is 10.9 Å². The molecular formula is C22H18F3N5O3. The van der Waals surface area contributed by atoms with Crippen molar-refractivity contribution in [3.63, 3.8) is 0 Å². The molecule has 33 heavy (non-hydrogen) atoms. The molecule has 0 aliphatic carbocycles. The lowest BCUT2D eigenvalue weighted by molar-refractivity contribution is -0.274. The van der Waals surface area contributed by atoms with Crippen LogP contribution in [-0.4, -0.2) is 39.4 Å². The number of benzene rings is 2. The number of aromatic nitrogens is 4. The van der Waals surface area contributed by atoms with Crippen molar-refractivity contribution in [3.8, 4) is 11.6 Å². The summed E-state index contributed by atoms with van der Waals surface area (Å²) in [6, 6.07) is 14.2. The Bertz CT molecular complexity index is 1300. The van der Waals surface area contributed by atoms with Gasteiger partial charge in [-0.2, -0.15) is 0 Å². The second-order valence-electron chi connectivity index (χ2n) is 7.06. The third-order valence-corrected chi connectivity index (χ3v) is 4.85. The predicted octanol–water partition coefficient (Wildman–Crippen LogP) is 4.34. The standard InChI is InChI=1S/C22H18F3N5O3/c1-13-20(27-21(31)17-11-19(32-2)26-18-6-4-3-5-16(17)18)28-29-30(13)12-14-7-9-15(10-8-14)33-22(23,24)25/h3-11H,12H2,1-2H3,(H,27,31). The second-order valence-corrected chi connectivity index (χ2v) is 7.06. The van der Waals surface area contributed by atoms with Gasteiger partial charge in [0.05, 0.1) is 30.4 Å². The van der Waals surface area contributed by atoms with E-state index < -0.39 is 12.3 Å². The molecule has 0 bridgehead atoms. The summed E-state index contributed by atoms with van der Waals surface area (Å²) in [7, 11) is 1.47. The highest BCUT2D eigenvalue weighted by Crippen LogP contribution is 2.25. The van der Waals surface area contributed by atoms with E-state index in [1.165, 1.54) is 36.1 Å². The molecule has 8 nitrogen and oxygen atoms in total. The van der Waals surface area contributed by atoms with Crippen molar-refractivity contribution in [2.24, 2.45) is 0 Å². The zero-order chi connectivity index (χ0) is 23.6. The Kier molecular flexibility index (Phi) is 5.86. The quantitative estimate of drug-likeness (QED) is 0.463. The molecule has 0 fully saturated rings. The lowest BCUT2D eigenvalue weighted by Crippen LogP contribution is -2.17. The number of carbonyl (C=O) groups excluding carboxylic acids is 1. The molecule has 0 aliphatic heterocycles. The first-order chi connectivity index (χ1) is 15.7. The normalized spacial score (nSPS) is 11.4. The largest absolute Gasteiger partial charge is 0.573 e. The number of methoxy groups -OCH3 is 1. The average Bonchev–Trinajstić information content (AvgIpc) is 3.12. The van der Waals surface area contributed by atoms with Crippen molar-refractivity contribution >= 4 is 22.6 Å². The van der Waals surface area contributed by atoms with Crippen molar-refractivity contribution < 1.29 is 27.4 Å². The van der Waals surface area contributed by atoms with Gasteiger partial charge in [0, 0.05) is 11.5 Å². The molecule has 1 amide bonds. The Morgan fingerprint density at radius 1 is 1.12 bits per heavy atom. The molecule has 4 rings (SSSR count). The predicted molar refractivity (Wildman–Crippen MR) is 113 cm³/mol. The molecule has 0 saturated heterocycles. The minimum atomic E-state index is -4.75. The maximum Gasteiger partial charge on any atom is 0.573 e. The Hall–Kier alpha value is -4.15. The zero-order valence-corrected chi connectivity index (χ0v) is 17.6. The van der Waals surface area contributed by atoms with E-state index in [-0.39, 0.29) is 18.1 Å². The lowest BCUT2D eigenvalue weighted by atomic mass is 10.1. The summed E-state index contributed by atoms with van der Waals surface area (Å²) in [4.78, 5) is 17.3. The molecule has 4 aromatic rings. The first-order valence-electron chi connectivity index (χ1n) is 9.73. The van der Waals surface area contributed by atoms with Crippen molar-refractivity contribution in [2.75, 3.05) is 12.4 Å². The van der Waals surface area contributed by atoms with E-state index in [0.29, 0.717) is 33.6 Å². The number of fused-ring (bicyclic) bond motifs is 1. The second kappa shape index (κ2) is 8.77. The number of halogens is 3. The molecule has 2 aromatic carbocycles. The van der Waals surface area contributed by atoms with E-state index in [4.69, 9.17) is 4.74 Å². The van der Waals surface area contributed by atoms with Crippen molar-refractivity contribution in [1.82, 2.24) is 20.0 Å². The monoisotopic (exact) mass is 457 g/mol. The van der Waals surface area contributed by atoms with Crippen molar-refractivity contribution in [3.05, 3.63) is 71.4 Å². The van der Waals surface area contributed by atoms with Crippen LogP contribution in [0.2, 0.25) is 0 Å². The van der Waals surface area contributed by atoms with Gasteiger partial charge in [-0.15, -0.1) is 18.3 Å². The molecular weight excluding hydrogens is 439 g/mol. The number of para-hydroxylation sites is 1. The van der Waals surface area contributed by atoms with E-state index in [1.54, 1.807) is 31.2 Å². The number of nitrogens with one attached hydrogen (secondary N) is 1. The van der Waals surface area contributed by atoms with Crippen LogP contribution in [0.5, 0.6) is 11.6 Å². The summed E-state index contributed by atoms with van der Waals surface area (Å²) < 4.78 is 47.5. The number of carbonyl (C=O) groups is 1. The number of hydrogen-bond donors (Lipinski definition) is 1. The topological polar surface area (TPSA) is 91.2 Å². The first kappa shape index (κ1) is 22.1. The zero-order valence-electron chi connectivity index (χ0n) is 17.6. The third kappa shape index (κ3) is 5.03. The number of rotatable bonds is 6. The summed E-state index contributed by atoms with van der Waals surface area (Å²) in [5.74, 6) is -0.153. The molecule has 1 N–H and O–H groups in total. The molecule has 170 valence electrons. The van der Waals surface area contributed by atoms with Gasteiger partial charge >= 0.3 is 6.36 Å². The molecule has 0 aliphatic rings. The van der Waals surface area contributed by atoms with Crippen LogP contribution in [0.4, 0.5) is 19.0 Å². The van der Waals surface area contributed by atoms with Crippen LogP contribution in [-0.2, 0) is 6.54 Å². The average molecular weight is 457 g/mol. The van der Waals surface area contributed by atoms with Crippen LogP contribution in [0.1, 0.15) is 21.6 Å². The van der Waals surface area contributed by atoms with E-state index in [9.17, 15) is 18.0 Å². The number of ether oxygens (including phenoxy) is 2. The number of alkyl halides is 3. The Morgan fingerprint density at radius 3 is 2.55 bits per heavy atom. The fraction of sp³-hybridized carbons (Fsp3) is 0.182. The number of nitrogens with zero attached hydrogens (tertiary/aromatic N) is 4. The van der Waals surface area contributed by atoms with Crippen molar-refractivity contribution in [2.45, 2.75) is 19.8 Å². The SMILES string of the molecule is COc1cc(C(=O)Nc2nnn(Cc3ccc(OC(F)(F)F)cc3)c2C)c2ccccc2n1. The van der Waals surface area contributed by atoms with Crippen LogP contribution >= 0.6 is 0 Å². The van der Waals surface area contributed by atoms with Crippen LogP contribution in [0.3, 0.4) is 0 Å². The highest BCUT2D eigenvalue weighted by Gasteiger charge is 2.31. The van der Waals surface area contributed by atoms with Gasteiger partial charge in [0.15, 0.2) is 5.82 Å². The molecule has 0 saturated carbocycles. The van der Waals surface area contributed by atoms with Crippen molar-refractivity contribution in [1.29, 1.82) is 0 Å². The van der Waals surface area contributed by atoms with Crippen LogP contribution in [0, 0.1) is 6.92 Å². The van der Waals surface area contributed by atoms with Gasteiger partial charge in [-0.25, -0.2) is 9.67 Å². The third-order valence-electron chi connectivity index (χ3n) is 4.85. The van der Waals surface area contributed by atoms with E-state index >= 15 is 0 Å². The minimum Gasteiger partial charge on any atom is -0.481 e. The molecule has 2 heterocycles. The smallest absolute Gasteiger partial charge is 0.481 e. The molecule has 0 radical (unpaired) electrons. The molecule has 0 atom stereocenters. The van der Waals surface area contributed by atoms with Gasteiger partial charge in [0.2, 0.25) is 5.88 Å². The van der Waals surface area contributed by atoms with Crippen LogP contribution < -0.4 is 14.8 Å². The van der Waals surface area contributed by atoms with E-state index in [2.05, 4.69) is 25.3 Å². The van der Waals surface area contributed by atoms with Gasteiger partial charge < -0.3 is 14.8 Å². The number of anilines is 1. The molecule has 0 spiro atoms. The lowest BCUT2D eigenvalue weighted by Gasteiger charge is -2.10. The fourth-order valence-corrected chi connectivity index (χ4v) is 3.21.